The number of hydrogen-bond acceptors (Lipinski definition) is 5. The van der Waals surface area contributed by atoms with Crippen molar-refractivity contribution < 1.29 is 17.9 Å². The number of halogens is 2. The number of nitrogens with one attached hydrogen (secondary N) is 1. The summed E-state index contributed by atoms with van der Waals surface area (Å²) in [6.07, 6.45) is 5.36. The molecule has 0 bridgehead atoms. The molecule has 3 fully saturated rings. The number of likely N-dealkylation sites (tertiary alicyclic amines) is 1. The molecule has 1 N–H and O–H groups in total. The zero-order chi connectivity index (χ0) is 22.4. The summed E-state index contributed by atoms with van der Waals surface area (Å²) in [7, 11) is -1.11. The van der Waals surface area contributed by atoms with E-state index in [0.29, 0.717) is 56.6 Å². The van der Waals surface area contributed by atoms with Crippen molar-refractivity contribution in [1.82, 2.24) is 9.62 Å². The third kappa shape index (κ3) is 7.17. The van der Waals surface area contributed by atoms with Crippen LogP contribution in [0, 0.1) is 23.7 Å². The average molecular weight is 500 g/mol. The molecular formula is C22H40Cl2N2O4S. The standard InChI is InChI=1S/C22H40Cl2N2O4S/c1-3-29-10-11-30-9-8-25-31(27,28)18-6-4-16(5-7-18)20-14-26(2)15-21-19(20)12-17(23)13-22(21)24/h16-22,25H,3-15H2,1-2H3. The van der Waals surface area contributed by atoms with Crippen LogP contribution in [0.3, 0.4) is 0 Å². The Hall–Kier alpha value is 0.370. The average Bonchev–Trinajstić information content (AvgIpc) is 2.73. The van der Waals surface area contributed by atoms with Crippen molar-refractivity contribution in [3.8, 4) is 0 Å². The molecule has 0 spiro atoms. The second kappa shape index (κ2) is 12.2. The van der Waals surface area contributed by atoms with Crippen molar-refractivity contribution in [3.05, 3.63) is 0 Å². The number of piperidine rings is 1. The van der Waals surface area contributed by atoms with Crippen LogP contribution in [-0.2, 0) is 19.5 Å². The minimum Gasteiger partial charge on any atom is -0.379 e. The highest BCUT2D eigenvalue weighted by atomic mass is 35.5. The highest BCUT2D eigenvalue weighted by molar-refractivity contribution is 7.90. The normalized spacial score (nSPS) is 37.5. The maximum absolute atomic E-state index is 12.7. The Labute approximate surface area is 198 Å². The van der Waals surface area contributed by atoms with E-state index in [1.807, 2.05) is 6.92 Å². The lowest BCUT2D eigenvalue weighted by Gasteiger charge is -2.51. The van der Waals surface area contributed by atoms with E-state index < -0.39 is 10.0 Å². The molecule has 0 aromatic rings. The second-order valence-corrected chi connectivity index (χ2v) is 12.8. The third-order valence-corrected chi connectivity index (χ3v) is 10.3. The summed E-state index contributed by atoms with van der Waals surface area (Å²) in [5.41, 5.74) is 0. The van der Waals surface area contributed by atoms with Crippen molar-refractivity contribution in [2.45, 2.75) is 61.5 Å². The van der Waals surface area contributed by atoms with Crippen molar-refractivity contribution in [2.24, 2.45) is 23.7 Å². The molecule has 0 amide bonds. The van der Waals surface area contributed by atoms with E-state index in [2.05, 4.69) is 16.7 Å². The molecule has 31 heavy (non-hydrogen) atoms. The highest BCUT2D eigenvalue weighted by Gasteiger charge is 2.47. The van der Waals surface area contributed by atoms with Crippen LogP contribution in [0.5, 0.6) is 0 Å². The van der Waals surface area contributed by atoms with Crippen molar-refractivity contribution in [3.63, 3.8) is 0 Å². The molecule has 1 heterocycles. The smallest absolute Gasteiger partial charge is 0.214 e. The van der Waals surface area contributed by atoms with Crippen LogP contribution in [0.15, 0.2) is 0 Å². The van der Waals surface area contributed by atoms with Gasteiger partial charge >= 0.3 is 0 Å². The van der Waals surface area contributed by atoms with Gasteiger partial charge in [-0.1, -0.05) is 0 Å². The Bertz CT molecular complexity index is 645. The number of nitrogens with zero attached hydrogens (tertiary/aromatic N) is 1. The summed E-state index contributed by atoms with van der Waals surface area (Å²) in [6, 6.07) is 0. The molecule has 0 radical (unpaired) electrons. The van der Waals surface area contributed by atoms with E-state index in [1.54, 1.807) is 0 Å². The quantitative estimate of drug-likeness (QED) is 0.369. The van der Waals surface area contributed by atoms with E-state index in [9.17, 15) is 8.42 Å². The van der Waals surface area contributed by atoms with Gasteiger partial charge in [-0.15, -0.1) is 23.2 Å². The maximum atomic E-state index is 12.7. The molecule has 3 rings (SSSR count). The van der Waals surface area contributed by atoms with Crippen LogP contribution >= 0.6 is 23.2 Å². The number of alkyl halides is 2. The minimum atomic E-state index is -3.30. The lowest BCUT2D eigenvalue weighted by Crippen LogP contribution is -2.53. The molecule has 0 aromatic heterocycles. The van der Waals surface area contributed by atoms with Gasteiger partial charge in [0, 0.05) is 37.0 Å². The van der Waals surface area contributed by atoms with E-state index in [4.69, 9.17) is 32.7 Å². The maximum Gasteiger partial charge on any atom is 0.214 e. The Kier molecular flexibility index (Phi) is 10.2. The van der Waals surface area contributed by atoms with Crippen LogP contribution in [0.25, 0.3) is 0 Å². The van der Waals surface area contributed by atoms with E-state index in [-0.39, 0.29) is 16.0 Å². The minimum absolute atomic E-state index is 0.156. The van der Waals surface area contributed by atoms with Gasteiger partial charge in [0.2, 0.25) is 10.0 Å². The highest BCUT2D eigenvalue weighted by Crippen LogP contribution is 2.48. The van der Waals surface area contributed by atoms with Crippen molar-refractivity contribution in [1.29, 1.82) is 0 Å². The molecule has 1 aliphatic heterocycles. The fourth-order valence-electron chi connectivity index (χ4n) is 5.99. The summed E-state index contributed by atoms with van der Waals surface area (Å²) < 4.78 is 38.8. The van der Waals surface area contributed by atoms with Crippen molar-refractivity contribution in [2.75, 3.05) is 53.1 Å². The molecular weight excluding hydrogens is 459 g/mol. The number of sulfonamides is 1. The summed E-state index contributed by atoms with van der Waals surface area (Å²) in [4.78, 5) is 2.42. The molecule has 5 atom stereocenters. The van der Waals surface area contributed by atoms with Gasteiger partial charge in [0.1, 0.15) is 0 Å². The summed E-state index contributed by atoms with van der Waals surface area (Å²) in [5.74, 6) is 2.21. The summed E-state index contributed by atoms with van der Waals surface area (Å²) in [6.45, 7) is 6.46. The second-order valence-electron chi connectivity index (χ2n) is 9.58. The zero-order valence-electron chi connectivity index (χ0n) is 19.0. The Morgan fingerprint density at radius 2 is 1.61 bits per heavy atom. The molecule has 2 saturated carbocycles. The van der Waals surface area contributed by atoms with E-state index >= 15 is 0 Å². The Morgan fingerprint density at radius 1 is 0.935 bits per heavy atom. The van der Waals surface area contributed by atoms with Gasteiger partial charge in [-0.05, 0) is 76.2 Å². The summed E-state index contributed by atoms with van der Waals surface area (Å²) in [5, 5.41) is 0.0340. The zero-order valence-corrected chi connectivity index (χ0v) is 21.3. The Morgan fingerprint density at radius 3 is 2.32 bits per heavy atom. The van der Waals surface area contributed by atoms with Gasteiger partial charge in [-0.25, -0.2) is 13.1 Å². The van der Waals surface area contributed by atoms with Gasteiger partial charge in [0.25, 0.3) is 0 Å². The third-order valence-electron chi connectivity index (χ3n) is 7.51. The van der Waals surface area contributed by atoms with E-state index in [0.717, 1.165) is 51.6 Å². The van der Waals surface area contributed by atoms with Gasteiger partial charge in [-0.2, -0.15) is 0 Å². The molecule has 182 valence electrons. The molecule has 6 nitrogen and oxygen atoms in total. The Balaban J connectivity index is 1.47. The fraction of sp³-hybridized carbons (Fsp3) is 1.00. The predicted molar refractivity (Wildman–Crippen MR) is 126 cm³/mol. The molecule has 0 aromatic carbocycles. The summed E-state index contributed by atoms with van der Waals surface area (Å²) >= 11 is 13.3. The molecule has 1 saturated heterocycles. The van der Waals surface area contributed by atoms with Crippen LogP contribution in [-0.4, -0.2) is 82.4 Å². The molecule has 5 unspecified atom stereocenters. The largest absolute Gasteiger partial charge is 0.379 e. The van der Waals surface area contributed by atoms with Crippen LogP contribution in [0.4, 0.5) is 0 Å². The first-order valence-corrected chi connectivity index (χ1v) is 14.3. The van der Waals surface area contributed by atoms with Gasteiger partial charge < -0.3 is 14.4 Å². The van der Waals surface area contributed by atoms with E-state index in [1.165, 1.54) is 0 Å². The number of ether oxygens (including phenoxy) is 2. The molecule has 3 aliphatic rings. The lowest BCUT2D eigenvalue weighted by atomic mass is 9.63. The lowest BCUT2D eigenvalue weighted by molar-refractivity contribution is 0.0108. The first-order valence-electron chi connectivity index (χ1n) is 11.9. The first kappa shape index (κ1) is 26.0. The van der Waals surface area contributed by atoms with Crippen LogP contribution in [0.2, 0.25) is 0 Å². The van der Waals surface area contributed by atoms with Crippen LogP contribution < -0.4 is 4.72 Å². The van der Waals surface area contributed by atoms with Crippen LogP contribution in [0.1, 0.15) is 45.4 Å². The predicted octanol–water partition coefficient (Wildman–Crippen LogP) is 3.32. The van der Waals surface area contributed by atoms with Gasteiger partial charge in [0.15, 0.2) is 0 Å². The van der Waals surface area contributed by atoms with Crippen molar-refractivity contribution >= 4 is 33.2 Å². The van der Waals surface area contributed by atoms with Gasteiger partial charge in [-0.3, -0.25) is 0 Å². The molecule has 9 heteroatoms. The topological polar surface area (TPSA) is 67.9 Å². The SMILES string of the molecule is CCOCCOCCNS(=O)(=O)C1CCC(C2CN(C)CC3C(Cl)CC(Cl)CC32)CC1. The fourth-order valence-corrected chi connectivity index (χ4v) is 8.46. The molecule has 2 aliphatic carbocycles. The number of hydrogen-bond donors (Lipinski definition) is 1. The van der Waals surface area contributed by atoms with Gasteiger partial charge in [0.05, 0.1) is 25.1 Å². The number of fused-ring (bicyclic) bond motifs is 1. The number of rotatable bonds is 10. The first-order chi connectivity index (χ1) is 14.8. The monoisotopic (exact) mass is 498 g/mol.